The van der Waals surface area contributed by atoms with E-state index in [1.165, 1.54) is 32.1 Å². The topological polar surface area (TPSA) is 66.4 Å². The van der Waals surface area contributed by atoms with Gasteiger partial charge < -0.3 is 10.4 Å². The molecular formula is C15H25NO3. The maximum atomic E-state index is 12.0. The number of hydrogen-bond acceptors (Lipinski definition) is 2. The third kappa shape index (κ3) is 4.22. The number of carboxylic acids is 1. The number of carboxylic acid groups (broad SMARTS) is 1. The molecule has 0 bridgehead atoms. The van der Waals surface area contributed by atoms with E-state index in [1.807, 2.05) is 0 Å². The second kappa shape index (κ2) is 6.40. The van der Waals surface area contributed by atoms with Gasteiger partial charge in [-0.15, -0.1) is 0 Å². The van der Waals surface area contributed by atoms with Crippen LogP contribution in [0.1, 0.15) is 70.6 Å². The Morgan fingerprint density at radius 1 is 1.11 bits per heavy atom. The molecule has 0 aromatic carbocycles. The molecule has 0 saturated heterocycles. The van der Waals surface area contributed by atoms with E-state index in [1.54, 1.807) is 0 Å². The summed E-state index contributed by atoms with van der Waals surface area (Å²) < 4.78 is 0. The number of rotatable bonds is 6. The molecule has 0 aromatic heterocycles. The monoisotopic (exact) mass is 267 g/mol. The number of aliphatic carboxylic acids is 1. The van der Waals surface area contributed by atoms with Crippen LogP contribution >= 0.6 is 0 Å². The first-order valence-electron chi connectivity index (χ1n) is 7.62. The average Bonchev–Trinajstić information content (AvgIpc) is 2.34. The molecule has 108 valence electrons. The summed E-state index contributed by atoms with van der Waals surface area (Å²) in [4.78, 5) is 22.8. The second-order valence-electron chi connectivity index (χ2n) is 6.30. The Morgan fingerprint density at radius 3 is 2.32 bits per heavy atom. The van der Waals surface area contributed by atoms with E-state index in [4.69, 9.17) is 5.11 Å². The predicted octanol–water partition coefficient (Wildman–Crippen LogP) is 2.86. The van der Waals surface area contributed by atoms with Crippen molar-refractivity contribution in [3.63, 3.8) is 0 Å². The van der Waals surface area contributed by atoms with Gasteiger partial charge in [-0.1, -0.05) is 32.1 Å². The van der Waals surface area contributed by atoms with Crippen molar-refractivity contribution in [3.8, 4) is 0 Å². The van der Waals surface area contributed by atoms with Gasteiger partial charge in [0, 0.05) is 6.42 Å². The van der Waals surface area contributed by atoms with Crippen molar-refractivity contribution in [2.75, 3.05) is 0 Å². The molecule has 2 aliphatic rings. The summed E-state index contributed by atoms with van der Waals surface area (Å²) >= 11 is 0. The zero-order valence-corrected chi connectivity index (χ0v) is 11.6. The predicted molar refractivity (Wildman–Crippen MR) is 72.8 cm³/mol. The molecule has 4 heteroatoms. The van der Waals surface area contributed by atoms with Gasteiger partial charge in [0.25, 0.3) is 0 Å². The Bertz CT molecular complexity index is 330. The Morgan fingerprint density at radius 2 is 1.79 bits per heavy atom. The van der Waals surface area contributed by atoms with Crippen LogP contribution in [0.15, 0.2) is 0 Å². The molecule has 0 radical (unpaired) electrons. The molecule has 0 unspecified atom stereocenters. The van der Waals surface area contributed by atoms with E-state index in [-0.39, 0.29) is 12.3 Å². The minimum Gasteiger partial charge on any atom is -0.481 e. The van der Waals surface area contributed by atoms with Crippen LogP contribution < -0.4 is 5.32 Å². The molecule has 2 saturated carbocycles. The average molecular weight is 267 g/mol. The number of carbonyl (C=O) groups is 2. The number of hydrogen-bond donors (Lipinski definition) is 2. The Kier molecular flexibility index (Phi) is 4.83. The van der Waals surface area contributed by atoms with Crippen LogP contribution in [0.25, 0.3) is 0 Å². The van der Waals surface area contributed by atoms with Gasteiger partial charge in [0.1, 0.15) is 0 Å². The van der Waals surface area contributed by atoms with Crippen LogP contribution in [0.5, 0.6) is 0 Å². The number of nitrogens with one attached hydrogen (secondary N) is 1. The summed E-state index contributed by atoms with van der Waals surface area (Å²) in [6, 6.07) is 0. The van der Waals surface area contributed by atoms with Gasteiger partial charge in [0.15, 0.2) is 0 Å². The highest BCUT2D eigenvalue weighted by Gasteiger charge is 2.40. The van der Waals surface area contributed by atoms with Crippen LogP contribution in [0.2, 0.25) is 0 Å². The first-order chi connectivity index (χ1) is 9.10. The number of carbonyl (C=O) groups excluding carboxylic acids is 1. The lowest BCUT2D eigenvalue weighted by Crippen LogP contribution is -2.54. The van der Waals surface area contributed by atoms with Gasteiger partial charge in [0.2, 0.25) is 5.91 Å². The minimum atomic E-state index is -0.813. The molecule has 2 fully saturated rings. The summed E-state index contributed by atoms with van der Waals surface area (Å²) in [7, 11) is 0. The van der Waals surface area contributed by atoms with Crippen LogP contribution in [-0.4, -0.2) is 22.5 Å². The highest BCUT2D eigenvalue weighted by molar-refractivity contribution is 5.78. The van der Waals surface area contributed by atoms with Gasteiger partial charge in [-0.2, -0.15) is 0 Å². The van der Waals surface area contributed by atoms with Gasteiger partial charge in [-0.25, -0.2) is 0 Å². The fraction of sp³-hybridized carbons (Fsp3) is 0.867. The maximum absolute atomic E-state index is 12.0. The van der Waals surface area contributed by atoms with E-state index < -0.39 is 11.5 Å². The first kappa shape index (κ1) is 14.4. The van der Waals surface area contributed by atoms with Crippen LogP contribution in [0.3, 0.4) is 0 Å². The molecule has 0 aliphatic heterocycles. The van der Waals surface area contributed by atoms with Crippen LogP contribution in [0.4, 0.5) is 0 Å². The van der Waals surface area contributed by atoms with Crippen molar-refractivity contribution >= 4 is 11.9 Å². The number of amides is 1. The zero-order valence-electron chi connectivity index (χ0n) is 11.6. The molecule has 2 N–H and O–H groups in total. The molecule has 0 atom stereocenters. The zero-order chi connectivity index (χ0) is 13.7. The normalized spacial score (nSPS) is 22.5. The summed E-state index contributed by atoms with van der Waals surface area (Å²) in [5.74, 6) is -0.0601. The van der Waals surface area contributed by atoms with E-state index >= 15 is 0 Å². The SMILES string of the molecule is O=C(O)CC1(NC(=O)CCC2CCCCC2)CCC1. The summed E-state index contributed by atoms with van der Waals surface area (Å²) in [5, 5.41) is 11.9. The van der Waals surface area contributed by atoms with Crippen molar-refractivity contribution in [2.45, 2.75) is 76.2 Å². The Hall–Kier alpha value is -1.06. The van der Waals surface area contributed by atoms with E-state index in [2.05, 4.69) is 5.32 Å². The minimum absolute atomic E-state index is 0.0477. The fourth-order valence-corrected chi connectivity index (χ4v) is 3.41. The Balaban J connectivity index is 1.72. The molecular weight excluding hydrogens is 242 g/mol. The Labute approximate surface area is 115 Å². The molecule has 19 heavy (non-hydrogen) atoms. The quantitative estimate of drug-likeness (QED) is 0.777. The lowest BCUT2D eigenvalue weighted by Gasteiger charge is -2.41. The lowest BCUT2D eigenvalue weighted by molar-refractivity contribution is -0.140. The van der Waals surface area contributed by atoms with Gasteiger partial charge in [0.05, 0.1) is 12.0 Å². The third-order valence-electron chi connectivity index (χ3n) is 4.71. The molecule has 0 heterocycles. The largest absolute Gasteiger partial charge is 0.481 e. The smallest absolute Gasteiger partial charge is 0.305 e. The second-order valence-corrected chi connectivity index (χ2v) is 6.30. The van der Waals surface area contributed by atoms with Crippen LogP contribution in [0, 0.1) is 5.92 Å². The van der Waals surface area contributed by atoms with Gasteiger partial charge in [-0.05, 0) is 31.6 Å². The summed E-state index contributed by atoms with van der Waals surface area (Å²) in [6.07, 6.45) is 10.7. The first-order valence-corrected chi connectivity index (χ1v) is 7.62. The van der Waals surface area contributed by atoms with Crippen molar-refractivity contribution in [3.05, 3.63) is 0 Å². The molecule has 2 rings (SSSR count). The van der Waals surface area contributed by atoms with E-state index in [0.717, 1.165) is 25.7 Å². The summed E-state index contributed by atoms with van der Waals surface area (Å²) in [6.45, 7) is 0. The molecule has 4 nitrogen and oxygen atoms in total. The third-order valence-corrected chi connectivity index (χ3v) is 4.71. The highest BCUT2D eigenvalue weighted by Crippen LogP contribution is 2.35. The van der Waals surface area contributed by atoms with Crippen molar-refractivity contribution in [2.24, 2.45) is 5.92 Å². The molecule has 0 spiro atoms. The molecule has 2 aliphatic carbocycles. The lowest BCUT2D eigenvalue weighted by atomic mass is 9.74. The maximum Gasteiger partial charge on any atom is 0.305 e. The van der Waals surface area contributed by atoms with E-state index in [9.17, 15) is 9.59 Å². The van der Waals surface area contributed by atoms with Crippen molar-refractivity contribution in [1.82, 2.24) is 5.32 Å². The van der Waals surface area contributed by atoms with E-state index in [0.29, 0.717) is 12.3 Å². The van der Waals surface area contributed by atoms with Crippen molar-refractivity contribution < 1.29 is 14.7 Å². The van der Waals surface area contributed by atoms with Gasteiger partial charge >= 0.3 is 5.97 Å². The fourth-order valence-electron chi connectivity index (χ4n) is 3.41. The molecule has 1 amide bonds. The summed E-state index contributed by atoms with van der Waals surface area (Å²) in [5.41, 5.74) is -0.435. The van der Waals surface area contributed by atoms with Gasteiger partial charge in [-0.3, -0.25) is 9.59 Å². The van der Waals surface area contributed by atoms with Crippen molar-refractivity contribution in [1.29, 1.82) is 0 Å². The standard InChI is InChI=1S/C15H25NO3/c17-13(8-7-12-5-2-1-3-6-12)16-15(9-4-10-15)11-14(18)19/h12H,1-11H2,(H,16,17)(H,18,19). The highest BCUT2D eigenvalue weighted by atomic mass is 16.4. The molecule has 0 aromatic rings. The van der Waals surface area contributed by atoms with Crippen LogP contribution in [-0.2, 0) is 9.59 Å².